The predicted octanol–water partition coefficient (Wildman–Crippen LogP) is 7.26. The van der Waals surface area contributed by atoms with E-state index in [1.165, 1.54) is 22.3 Å². The molecule has 0 amide bonds. The molecule has 0 fully saturated rings. The number of methoxy groups -OCH3 is 1. The summed E-state index contributed by atoms with van der Waals surface area (Å²) in [6.07, 6.45) is 1.93. The highest BCUT2D eigenvalue weighted by atomic mass is 19.5. The molecular weight excluding hydrogens is 495 g/mol. The van der Waals surface area contributed by atoms with Crippen LogP contribution >= 0.6 is 0 Å². The summed E-state index contributed by atoms with van der Waals surface area (Å²) in [4.78, 5) is 5.11. The molecule has 1 heterocycles. The van der Waals surface area contributed by atoms with E-state index in [0.717, 1.165) is 64.1 Å². The molecule has 0 spiro atoms. The first-order valence-electron chi connectivity index (χ1n) is 12.4. The maximum Gasteiger partial charge on any atom is 0.673 e. The third kappa shape index (κ3) is 6.83. The molecule has 0 bridgehead atoms. The molecular formula is C29H31BF4N2O2. The molecule has 0 saturated heterocycles. The van der Waals surface area contributed by atoms with Gasteiger partial charge in [-0.05, 0) is 64.7 Å². The second-order valence-corrected chi connectivity index (χ2v) is 10.3. The van der Waals surface area contributed by atoms with Crippen LogP contribution in [0.2, 0.25) is 0 Å². The third-order valence-corrected chi connectivity index (χ3v) is 6.32. The van der Waals surface area contributed by atoms with E-state index in [1.54, 1.807) is 7.11 Å². The molecule has 0 radical (unpaired) electrons. The normalized spacial score (nSPS) is 12.4. The summed E-state index contributed by atoms with van der Waals surface area (Å²) < 4.78 is 51.5. The zero-order chi connectivity index (χ0) is 27.5. The van der Waals surface area contributed by atoms with E-state index in [2.05, 4.69) is 81.8 Å². The van der Waals surface area contributed by atoms with Crippen molar-refractivity contribution in [1.82, 2.24) is 4.98 Å². The van der Waals surface area contributed by atoms with Crippen LogP contribution in [0.15, 0.2) is 66.7 Å². The van der Waals surface area contributed by atoms with Gasteiger partial charge in [-0.25, -0.2) is 4.98 Å². The molecule has 1 aliphatic carbocycles. The summed E-state index contributed by atoms with van der Waals surface area (Å²) in [7, 11) is 2.33. The van der Waals surface area contributed by atoms with Gasteiger partial charge >= 0.3 is 7.25 Å². The maximum absolute atomic E-state index is 9.75. The Bertz CT molecular complexity index is 1410. The number of pyridine rings is 1. The van der Waals surface area contributed by atoms with Crippen LogP contribution in [0.3, 0.4) is 0 Å². The molecule has 0 saturated carbocycles. The Kier molecular flexibility index (Phi) is 7.97. The Morgan fingerprint density at radius 3 is 2.21 bits per heavy atom. The fraction of sp³-hybridized carbons (Fsp3) is 0.276. The van der Waals surface area contributed by atoms with Crippen molar-refractivity contribution in [2.45, 2.75) is 12.8 Å². The second kappa shape index (κ2) is 11.0. The largest absolute Gasteiger partial charge is 0.673 e. The van der Waals surface area contributed by atoms with Crippen LogP contribution in [-0.2, 0) is 6.42 Å². The van der Waals surface area contributed by atoms with Crippen LogP contribution in [0.25, 0.3) is 33.3 Å². The number of ether oxygens (including phenoxy) is 2. The molecule has 4 nitrogen and oxygen atoms in total. The number of hydrogen-bond donors (Lipinski definition) is 0. The monoisotopic (exact) mass is 526 g/mol. The lowest BCUT2D eigenvalue weighted by molar-refractivity contribution is -0.870. The van der Waals surface area contributed by atoms with Crippen molar-refractivity contribution in [1.29, 1.82) is 0 Å². The van der Waals surface area contributed by atoms with Crippen LogP contribution < -0.4 is 9.47 Å². The smallest absolute Gasteiger partial charge is 0.497 e. The van der Waals surface area contributed by atoms with E-state index in [0.29, 0.717) is 0 Å². The Hall–Kier alpha value is -3.59. The lowest BCUT2D eigenvalue weighted by Gasteiger charge is -2.23. The first kappa shape index (κ1) is 27.4. The van der Waals surface area contributed by atoms with E-state index in [9.17, 15) is 17.3 Å². The molecule has 200 valence electrons. The summed E-state index contributed by atoms with van der Waals surface area (Å²) in [6.45, 7) is 1.83. The first-order valence-corrected chi connectivity index (χ1v) is 12.4. The number of aromatic nitrogens is 1. The average molecular weight is 526 g/mol. The third-order valence-electron chi connectivity index (χ3n) is 6.32. The zero-order valence-electron chi connectivity index (χ0n) is 22.0. The summed E-state index contributed by atoms with van der Waals surface area (Å²) >= 11 is 0. The molecule has 0 unspecified atom stereocenters. The van der Waals surface area contributed by atoms with Crippen molar-refractivity contribution < 1.29 is 31.2 Å². The van der Waals surface area contributed by atoms with Crippen molar-refractivity contribution in [2.24, 2.45) is 0 Å². The maximum atomic E-state index is 9.75. The number of rotatable bonds is 7. The predicted molar refractivity (Wildman–Crippen MR) is 145 cm³/mol. The minimum absolute atomic E-state index is 0.732. The van der Waals surface area contributed by atoms with Crippen molar-refractivity contribution >= 4 is 18.2 Å². The molecule has 38 heavy (non-hydrogen) atoms. The van der Waals surface area contributed by atoms with Gasteiger partial charge < -0.3 is 31.2 Å². The van der Waals surface area contributed by atoms with Gasteiger partial charge in [0.05, 0.1) is 52.6 Å². The average Bonchev–Trinajstić information content (AvgIpc) is 3.25. The van der Waals surface area contributed by atoms with E-state index in [4.69, 9.17) is 14.5 Å². The number of benzene rings is 3. The van der Waals surface area contributed by atoms with Gasteiger partial charge in [-0.3, -0.25) is 0 Å². The van der Waals surface area contributed by atoms with E-state index in [-0.39, 0.29) is 0 Å². The topological polar surface area (TPSA) is 31.4 Å². The summed E-state index contributed by atoms with van der Waals surface area (Å²) in [5.74, 6) is 1.76. The molecule has 4 aromatic rings. The molecule has 0 N–H and O–H groups in total. The van der Waals surface area contributed by atoms with E-state index in [1.807, 2.05) is 6.07 Å². The highest BCUT2D eigenvalue weighted by Gasteiger charge is 2.25. The van der Waals surface area contributed by atoms with Crippen LogP contribution in [0.1, 0.15) is 17.5 Å². The number of fused-ring (bicyclic) bond motifs is 5. The van der Waals surface area contributed by atoms with Gasteiger partial charge in [0, 0.05) is 23.8 Å². The summed E-state index contributed by atoms with van der Waals surface area (Å²) in [5, 5.41) is 1.15. The van der Waals surface area contributed by atoms with Gasteiger partial charge in [0.2, 0.25) is 0 Å². The first-order chi connectivity index (χ1) is 17.9. The molecule has 5 rings (SSSR count). The van der Waals surface area contributed by atoms with Crippen LogP contribution in [-0.4, -0.2) is 58.1 Å². The highest BCUT2D eigenvalue weighted by molar-refractivity contribution is 6.50. The van der Waals surface area contributed by atoms with E-state index < -0.39 is 7.25 Å². The minimum Gasteiger partial charge on any atom is -0.497 e. The van der Waals surface area contributed by atoms with Gasteiger partial charge in [0.25, 0.3) is 0 Å². The number of nitrogens with zero attached hydrogens (tertiary/aromatic N) is 2. The fourth-order valence-corrected chi connectivity index (χ4v) is 4.67. The fourth-order valence-electron chi connectivity index (χ4n) is 4.67. The van der Waals surface area contributed by atoms with Gasteiger partial charge in [0.1, 0.15) is 11.5 Å². The molecule has 1 aromatic heterocycles. The van der Waals surface area contributed by atoms with Crippen molar-refractivity contribution in [3.8, 4) is 33.9 Å². The second-order valence-electron chi connectivity index (χ2n) is 10.3. The van der Waals surface area contributed by atoms with Gasteiger partial charge in [-0.1, -0.05) is 24.3 Å². The number of halogens is 4. The van der Waals surface area contributed by atoms with Crippen LogP contribution in [0, 0.1) is 0 Å². The highest BCUT2D eigenvalue weighted by Crippen LogP contribution is 2.45. The summed E-state index contributed by atoms with van der Waals surface area (Å²) in [6, 6.07) is 23.2. The van der Waals surface area contributed by atoms with Crippen molar-refractivity contribution in [3.05, 3.63) is 77.9 Å². The van der Waals surface area contributed by atoms with Crippen molar-refractivity contribution in [2.75, 3.05) is 41.4 Å². The van der Waals surface area contributed by atoms with E-state index >= 15 is 0 Å². The summed E-state index contributed by atoms with van der Waals surface area (Å²) in [5.41, 5.74) is 8.38. The minimum atomic E-state index is -6.00. The van der Waals surface area contributed by atoms with Gasteiger partial charge in [0.15, 0.2) is 0 Å². The zero-order valence-corrected chi connectivity index (χ0v) is 22.0. The molecule has 0 atom stereocenters. The number of hydrogen-bond acceptors (Lipinski definition) is 3. The molecule has 9 heteroatoms. The SMILES string of the molecule is COc1ccc2nc(-c3ccc(OCCC[N+](C)(C)C)cc3)c3c(c2c1)-c1ccccc1C3.F[B-](F)(F)F. The van der Waals surface area contributed by atoms with Gasteiger partial charge in [-0.15, -0.1) is 0 Å². The standard InChI is InChI=1S/C29H31N2O2.BF4/c1-31(2,3)16-7-17-33-22-12-10-20(11-13-22)29-26-18-21-8-5-6-9-24(21)28(26)25-19-23(32-4)14-15-27(25)30-29;2-1(3,4)5/h5-6,8-15,19H,7,16-18H2,1-4H3;/q+1;-1. The van der Waals surface area contributed by atoms with Crippen LogP contribution in [0.5, 0.6) is 11.5 Å². The van der Waals surface area contributed by atoms with Crippen molar-refractivity contribution in [3.63, 3.8) is 0 Å². The lowest BCUT2D eigenvalue weighted by atomic mass is 9.96. The van der Waals surface area contributed by atoms with Crippen LogP contribution in [0.4, 0.5) is 17.3 Å². The van der Waals surface area contributed by atoms with Gasteiger partial charge in [-0.2, -0.15) is 0 Å². The Balaban J connectivity index is 0.000000617. The molecule has 3 aromatic carbocycles. The Morgan fingerprint density at radius 1 is 0.895 bits per heavy atom. The molecule has 1 aliphatic rings. The Morgan fingerprint density at radius 2 is 1.55 bits per heavy atom. The molecule has 0 aliphatic heterocycles. The quantitative estimate of drug-likeness (QED) is 0.0969. The lowest BCUT2D eigenvalue weighted by Crippen LogP contribution is -2.35. The Labute approximate surface area is 220 Å². The number of quaternary nitrogens is 1.